The van der Waals surface area contributed by atoms with Crippen LogP contribution in [0.1, 0.15) is 39.2 Å². The van der Waals surface area contributed by atoms with Gasteiger partial charge in [-0.05, 0) is 56.7 Å². The highest BCUT2D eigenvalue weighted by molar-refractivity contribution is 5.69. The molecule has 0 spiro atoms. The van der Waals surface area contributed by atoms with Gasteiger partial charge in [0.05, 0.1) is 0 Å². The van der Waals surface area contributed by atoms with Crippen molar-refractivity contribution in [1.82, 2.24) is 4.90 Å². The minimum Gasteiger partial charge on any atom is -0.444 e. The molecule has 2 aromatic rings. The summed E-state index contributed by atoms with van der Waals surface area (Å²) in [6, 6.07) is 18.6. The Labute approximate surface area is 155 Å². The summed E-state index contributed by atoms with van der Waals surface area (Å²) in [6.07, 6.45) is 0.880. The molecule has 4 nitrogen and oxygen atoms in total. The summed E-state index contributed by atoms with van der Waals surface area (Å²) < 4.78 is 5.46. The van der Waals surface area contributed by atoms with Crippen LogP contribution >= 0.6 is 0 Å². The van der Waals surface area contributed by atoms with Crippen LogP contribution in [0.4, 0.5) is 4.79 Å². The zero-order valence-electron chi connectivity index (χ0n) is 15.7. The summed E-state index contributed by atoms with van der Waals surface area (Å²) in [5, 5.41) is 10.2. The second-order valence-electron chi connectivity index (χ2n) is 7.87. The molecule has 1 aliphatic heterocycles. The van der Waals surface area contributed by atoms with E-state index in [-0.39, 0.29) is 6.04 Å². The van der Waals surface area contributed by atoms with Crippen LogP contribution in [0.15, 0.2) is 54.6 Å². The smallest absolute Gasteiger partial charge is 0.412 e. The Balaban J connectivity index is 1.70. The second kappa shape index (κ2) is 7.50. The molecular formula is C22H27NO3. The van der Waals surface area contributed by atoms with Crippen molar-refractivity contribution >= 4 is 6.09 Å². The molecule has 0 saturated carbocycles. The Bertz CT molecular complexity index is 734. The lowest BCUT2D eigenvalue weighted by Crippen LogP contribution is -2.44. The number of carbonyl (C=O) groups is 1. The van der Waals surface area contributed by atoms with Crippen molar-refractivity contribution in [1.29, 1.82) is 0 Å². The van der Waals surface area contributed by atoms with Gasteiger partial charge in [0, 0.05) is 6.04 Å². The van der Waals surface area contributed by atoms with E-state index >= 15 is 0 Å². The molecule has 0 aliphatic carbocycles. The van der Waals surface area contributed by atoms with Gasteiger partial charge < -0.3 is 9.84 Å². The maximum atomic E-state index is 12.5. The first kappa shape index (κ1) is 18.5. The predicted octanol–water partition coefficient (Wildman–Crippen LogP) is 4.61. The van der Waals surface area contributed by atoms with Crippen LogP contribution in [-0.4, -0.2) is 34.0 Å². The van der Waals surface area contributed by atoms with E-state index in [4.69, 9.17) is 4.74 Å². The van der Waals surface area contributed by atoms with E-state index in [9.17, 15) is 9.90 Å². The maximum Gasteiger partial charge on any atom is 0.412 e. The summed E-state index contributed by atoms with van der Waals surface area (Å²) in [5.74, 6) is 0. The first-order valence-corrected chi connectivity index (χ1v) is 9.17. The van der Waals surface area contributed by atoms with Crippen LogP contribution < -0.4 is 0 Å². The largest absolute Gasteiger partial charge is 0.444 e. The molecule has 2 atom stereocenters. The molecule has 26 heavy (non-hydrogen) atoms. The lowest BCUT2D eigenvalue weighted by molar-refractivity contribution is -0.0241. The number of nitrogens with zero attached hydrogens (tertiary/aromatic N) is 1. The highest BCUT2D eigenvalue weighted by Crippen LogP contribution is 2.28. The average molecular weight is 353 g/mol. The van der Waals surface area contributed by atoms with Gasteiger partial charge in [0.1, 0.15) is 11.8 Å². The average Bonchev–Trinajstić information content (AvgIpc) is 2.95. The summed E-state index contributed by atoms with van der Waals surface area (Å²) >= 11 is 0. The minimum atomic E-state index is -0.765. The van der Waals surface area contributed by atoms with Crippen molar-refractivity contribution in [2.24, 2.45) is 0 Å². The summed E-state index contributed by atoms with van der Waals surface area (Å²) in [6.45, 7) is 5.51. The summed E-state index contributed by atoms with van der Waals surface area (Å²) in [4.78, 5) is 14.0. The van der Waals surface area contributed by atoms with Crippen molar-refractivity contribution in [3.63, 3.8) is 0 Å². The van der Waals surface area contributed by atoms with E-state index in [0.717, 1.165) is 12.0 Å². The van der Waals surface area contributed by atoms with E-state index in [0.29, 0.717) is 12.8 Å². The number of carbonyl (C=O) groups excluding carboxylic acids is 1. The van der Waals surface area contributed by atoms with Crippen molar-refractivity contribution < 1.29 is 14.6 Å². The molecule has 0 bridgehead atoms. The maximum absolute atomic E-state index is 12.5. The topological polar surface area (TPSA) is 49.8 Å². The Morgan fingerprint density at radius 3 is 2.27 bits per heavy atom. The van der Waals surface area contributed by atoms with Crippen LogP contribution in [0.2, 0.25) is 0 Å². The monoisotopic (exact) mass is 353 g/mol. The molecule has 1 amide bonds. The molecule has 4 heteroatoms. The number of hydrogen-bond donors (Lipinski definition) is 1. The first-order valence-electron chi connectivity index (χ1n) is 9.17. The molecule has 1 saturated heterocycles. The third-order valence-corrected chi connectivity index (χ3v) is 4.61. The zero-order chi connectivity index (χ0) is 18.7. The molecule has 1 unspecified atom stereocenters. The lowest BCUT2D eigenvalue weighted by atomic mass is 10.00. The number of aliphatic hydroxyl groups is 1. The van der Waals surface area contributed by atoms with Gasteiger partial charge in [-0.25, -0.2) is 4.79 Å². The Morgan fingerprint density at radius 2 is 1.65 bits per heavy atom. The first-order chi connectivity index (χ1) is 12.3. The molecule has 1 heterocycles. The van der Waals surface area contributed by atoms with Gasteiger partial charge in [-0.3, -0.25) is 4.90 Å². The number of likely N-dealkylation sites (tertiary alicyclic amines) is 1. The summed E-state index contributed by atoms with van der Waals surface area (Å²) in [7, 11) is 0. The fraction of sp³-hybridized carbons (Fsp3) is 0.409. The van der Waals surface area contributed by atoms with Crippen LogP contribution in [0.25, 0.3) is 11.1 Å². The molecule has 138 valence electrons. The highest BCUT2D eigenvalue weighted by Gasteiger charge is 2.38. The molecular weight excluding hydrogens is 326 g/mol. The zero-order valence-corrected chi connectivity index (χ0v) is 15.7. The highest BCUT2D eigenvalue weighted by atomic mass is 16.6. The van der Waals surface area contributed by atoms with Gasteiger partial charge in [-0.1, -0.05) is 54.6 Å². The number of rotatable bonds is 3. The van der Waals surface area contributed by atoms with Gasteiger partial charge in [-0.2, -0.15) is 0 Å². The normalized spacial score (nSPS) is 20.2. The molecule has 1 N–H and O–H groups in total. The third-order valence-electron chi connectivity index (χ3n) is 4.61. The van der Waals surface area contributed by atoms with E-state index in [2.05, 4.69) is 36.4 Å². The Kier molecular flexibility index (Phi) is 5.33. The fourth-order valence-corrected chi connectivity index (χ4v) is 3.38. The van der Waals surface area contributed by atoms with Crippen LogP contribution in [0.5, 0.6) is 0 Å². The van der Waals surface area contributed by atoms with Gasteiger partial charge in [0.2, 0.25) is 0 Å². The van der Waals surface area contributed by atoms with Crippen molar-refractivity contribution in [2.45, 2.75) is 57.9 Å². The number of benzene rings is 2. The van der Waals surface area contributed by atoms with E-state index in [1.807, 2.05) is 39.0 Å². The third kappa shape index (κ3) is 4.44. The van der Waals surface area contributed by atoms with Crippen LogP contribution in [0.3, 0.4) is 0 Å². The quantitative estimate of drug-likeness (QED) is 0.876. The van der Waals surface area contributed by atoms with Crippen LogP contribution in [0, 0.1) is 0 Å². The molecule has 1 fully saturated rings. The van der Waals surface area contributed by atoms with E-state index < -0.39 is 17.9 Å². The summed E-state index contributed by atoms with van der Waals surface area (Å²) in [5.41, 5.74) is 2.94. The van der Waals surface area contributed by atoms with Crippen molar-refractivity contribution in [3.8, 4) is 11.1 Å². The molecule has 3 rings (SSSR count). The predicted molar refractivity (Wildman–Crippen MR) is 103 cm³/mol. The standard InChI is InChI=1S/C22H27NO3/c1-22(2,3)26-21(25)23-19(13-14-20(23)24)15-16-9-11-18(12-10-16)17-7-5-4-6-8-17/h4-12,19-20,24H,13-15H2,1-3H3/t19-,20?/m0/s1. The molecule has 1 aliphatic rings. The van der Waals surface area contributed by atoms with E-state index in [1.165, 1.54) is 16.0 Å². The van der Waals surface area contributed by atoms with E-state index in [1.54, 1.807) is 0 Å². The van der Waals surface area contributed by atoms with Crippen molar-refractivity contribution in [3.05, 3.63) is 60.2 Å². The van der Waals surface area contributed by atoms with Gasteiger partial charge in [0.15, 0.2) is 0 Å². The SMILES string of the molecule is CC(C)(C)OC(=O)N1C(O)CC[C@H]1Cc1ccc(-c2ccccc2)cc1. The number of hydrogen-bond acceptors (Lipinski definition) is 3. The fourth-order valence-electron chi connectivity index (χ4n) is 3.38. The Morgan fingerprint density at radius 1 is 1.04 bits per heavy atom. The van der Waals surface area contributed by atoms with Crippen LogP contribution in [-0.2, 0) is 11.2 Å². The Hall–Kier alpha value is -2.33. The second-order valence-corrected chi connectivity index (χ2v) is 7.87. The van der Waals surface area contributed by atoms with Gasteiger partial charge in [0.25, 0.3) is 0 Å². The van der Waals surface area contributed by atoms with Gasteiger partial charge >= 0.3 is 6.09 Å². The van der Waals surface area contributed by atoms with Crippen molar-refractivity contribution in [2.75, 3.05) is 0 Å². The molecule has 0 radical (unpaired) electrons. The number of aliphatic hydroxyl groups excluding tert-OH is 1. The molecule has 2 aromatic carbocycles. The lowest BCUT2D eigenvalue weighted by Gasteiger charge is -2.30. The molecule has 0 aromatic heterocycles. The van der Waals surface area contributed by atoms with Gasteiger partial charge in [-0.15, -0.1) is 0 Å². The number of ether oxygens (including phenoxy) is 1. The number of amides is 1. The minimum absolute atomic E-state index is 0.0394.